The van der Waals surface area contributed by atoms with Gasteiger partial charge in [-0.05, 0) is 31.2 Å². The second kappa shape index (κ2) is 7.25. The third-order valence-electron chi connectivity index (χ3n) is 5.35. The van der Waals surface area contributed by atoms with Gasteiger partial charge in [0, 0.05) is 11.4 Å². The average Bonchev–Trinajstić information content (AvgIpc) is 3.03. The van der Waals surface area contributed by atoms with Gasteiger partial charge in [0.05, 0.1) is 5.52 Å². The van der Waals surface area contributed by atoms with Crippen LogP contribution in [-0.2, 0) is 9.53 Å². The van der Waals surface area contributed by atoms with Crippen molar-refractivity contribution in [3.63, 3.8) is 0 Å². The number of H-pyrrole nitrogens is 1. The molecule has 0 unspecified atom stereocenters. The Balaban J connectivity index is 1.62. The summed E-state index contributed by atoms with van der Waals surface area (Å²) in [5.41, 5.74) is 0.964. The summed E-state index contributed by atoms with van der Waals surface area (Å²) in [5, 5.41) is 10.5. The lowest BCUT2D eigenvalue weighted by molar-refractivity contribution is -0.130. The zero-order valence-electron chi connectivity index (χ0n) is 14.9. The number of hydrogen-bond acceptors (Lipinski definition) is 4. The number of nitrogens with zero attached hydrogens (tertiary/aromatic N) is 1. The highest BCUT2D eigenvalue weighted by Gasteiger charge is 2.30. The molecule has 1 saturated carbocycles. The average molecular weight is 343 g/mol. The molecule has 6 heteroatoms. The maximum absolute atomic E-state index is 12.4. The SMILES string of the molecule is C[C@H]1[C@@H](NC(=O)[C@@H](C)OC(=O)c2n[nH]c3ccccc23)CCC[C@@H]1C. The molecule has 6 nitrogen and oxygen atoms in total. The van der Waals surface area contributed by atoms with Gasteiger partial charge in [-0.1, -0.05) is 44.9 Å². The standard InChI is InChI=1S/C19H25N3O3/c1-11-7-6-10-15(12(11)2)20-18(23)13(3)25-19(24)17-14-8-4-5-9-16(14)21-22-17/h4-5,8-9,11-13,15H,6-7,10H2,1-3H3,(H,20,23)(H,21,22)/t11-,12+,13+,15-/m0/s1. The van der Waals surface area contributed by atoms with Crippen LogP contribution < -0.4 is 5.32 Å². The van der Waals surface area contributed by atoms with Gasteiger partial charge < -0.3 is 10.1 Å². The Morgan fingerprint density at radius 2 is 2.04 bits per heavy atom. The number of esters is 1. The van der Waals surface area contributed by atoms with Crippen LogP contribution in [0.15, 0.2) is 24.3 Å². The van der Waals surface area contributed by atoms with Gasteiger partial charge in [-0.3, -0.25) is 9.89 Å². The molecule has 0 bridgehead atoms. The van der Waals surface area contributed by atoms with Crippen molar-refractivity contribution in [2.75, 3.05) is 0 Å². The molecule has 1 fully saturated rings. The van der Waals surface area contributed by atoms with Crippen molar-refractivity contribution >= 4 is 22.8 Å². The first kappa shape index (κ1) is 17.5. The Morgan fingerprint density at radius 1 is 1.28 bits per heavy atom. The van der Waals surface area contributed by atoms with E-state index in [4.69, 9.17) is 4.74 Å². The van der Waals surface area contributed by atoms with E-state index in [0.717, 1.165) is 18.4 Å². The van der Waals surface area contributed by atoms with Crippen LogP contribution in [0.1, 0.15) is 50.5 Å². The Kier molecular flexibility index (Phi) is 5.06. The van der Waals surface area contributed by atoms with Crippen molar-refractivity contribution in [2.45, 2.75) is 52.2 Å². The van der Waals surface area contributed by atoms with Crippen LogP contribution in [0.2, 0.25) is 0 Å². The van der Waals surface area contributed by atoms with Gasteiger partial charge in [-0.15, -0.1) is 0 Å². The molecule has 1 amide bonds. The third-order valence-corrected chi connectivity index (χ3v) is 5.35. The molecule has 0 radical (unpaired) electrons. The minimum Gasteiger partial charge on any atom is -0.448 e. The fourth-order valence-corrected chi connectivity index (χ4v) is 3.47. The number of para-hydroxylation sites is 1. The van der Waals surface area contributed by atoms with Crippen LogP contribution in [0.4, 0.5) is 0 Å². The van der Waals surface area contributed by atoms with Crippen LogP contribution in [0.3, 0.4) is 0 Å². The predicted octanol–water partition coefficient (Wildman–Crippen LogP) is 3.05. The molecule has 4 atom stereocenters. The van der Waals surface area contributed by atoms with Gasteiger partial charge in [0.25, 0.3) is 5.91 Å². The quantitative estimate of drug-likeness (QED) is 0.836. The Bertz CT molecular complexity index is 770. The number of aromatic nitrogens is 2. The molecular formula is C19H25N3O3. The van der Waals surface area contributed by atoms with Gasteiger partial charge in [0.2, 0.25) is 0 Å². The molecule has 1 heterocycles. The molecule has 134 valence electrons. The number of aromatic amines is 1. The highest BCUT2D eigenvalue weighted by Crippen LogP contribution is 2.29. The maximum atomic E-state index is 12.4. The summed E-state index contributed by atoms with van der Waals surface area (Å²) >= 11 is 0. The fourth-order valence-electron chi connectivity index (χ4n) is 3.47. The molecular weight excluding hydrogens is 318 g/mol. The van der Waals surface area contributed by atoms with Crippen molar-refractivity contribution in [2.24, 2.45) is 11.8 Å². The smallest absolute Gasteiger partial charge is 0.360 e. The van der Waals surface area contributed by atoms with Gasteiger partial charge in [-0.25, -0.2) is 4.79 Å². The van der Waals surface area contributed by atoms with Crippen LogP contribution in [-0.4, -0.2) is 34.2 Å². The van der Waals surface area contributed by atoms with Gasteiger partial charge >= 0.3 is 5.97 Å². The Morgan fingerprint density at radius 3 is 2.84 bits per heavy atom. The highest BCUT2D eigenvalue weighted by molar-refractivity contribution is 6.02. The highest BCUT2D eigenvalue weighted by atomic mass is 16.5. The summed E-state index contributed by atoms with van der Waals surface area (Å²) in [4.78, 5) is 24.8. The van der Waals surface area contributed by atoms with Gasteiger partial charge in [0.1, 0.15) is 0 Å². The molecule has 1 aromatic carbocycles. The Labute approximate surface area is 147 Å². The number of benzene rings is 1. The second-order valence-corrected chi connectivity index (χ2v) is 7.05. The van der Waals surface area contributed by atoms with Gasteiger partial charge in [0.15, 0.2) is 11.8 Å². The normalized spacial score (nSPS) is 24.7. The maximum Gasteiger partial charge on any atom is 0.360 e. The predicted molar refractivity (Wildman–Crippen MR) is 95.1 cm³/mol. The number of carbonyl (C=O) groups excluding carboxylic acids is 2. The van der Waals surface area contributed by atoms with E-state index in [-0.39, 0.29) is 17.6 Å². The molecule has 2 aromatic rings. The molecule has 3 rings (SSSR count). The number of fused-ring (bicyclic) bond motifs is 1. The summed E-state index contributed by atoms with van der Waals surface area (Å²) in [6.07, 6.45) is 2.43. The number of hydrogen-bond donors (Lipinski definition) is 2. The molecule has 1 aliphatic carbocycles. The second-order valence-electron chi connectivity index (χ2n) is 7.05. The number of amides is 1. The lowest BCUT2D eigenvalue weighted by Gasteiger charge is -2.35. The van der Waals surface area contributed by atoms with E-state index in [1.807, 2.05) is 18.2 Å². The number of nitrogens with one attached hydrogen (secondary N) is 2. The van der Waals surface area contributed by atoms with E-state index < -0.39 is 12.1 Å². The topological polar surface area (TPSA) is 84.1 Å². The lowest BCUT2D eigenvalue weighted by atomic mass is 9.78. The summed E-state index contributed by atoms with van der Waals surface area (Å²) < 4.78 is 5.33. The summed E-state index contributed by atoms with van der Waals surface area (Å²) in [6.45, 7) is 5.98. The van der Waals surface area contributed by atoms with E-state index in [1.54, 1.807) is 13.0 Å². The Hall–Kier alpha value is -2.37. The molecule has 1 aliphatic rings. The summed E-state index contributed by atoms with van der Waals surface area (Å²) in [7, 11) is 0. The summed E-state index contributed by atoms with van der Waals surface area (Å²) in [5.74, 6) is 0.174. The minimum absolute atomic E-state index is 0.142. The fraction of sp³-hybridized carbons (Fsp3) is 0.526. The first-order valence-electron chi connectivity index (χ1n) is 8.92. The molecule has 2 N–H and O–H groups in total. The molecule has 0 saturated heterocycles. The van der Waals surface area contributed by atoms with Crippen molar-refractivity contribution in [3.8, 4) is 0 Å². The molecule has 1 aromatic heterocycles. The van der Waals surface area contributed by atoms with Crippen LogP contribution in [0, 0.1) is 11.8 Å². The van der Waals surface area contributed by atoms with Crippen LogP contribution in [0.25, 0.3) is 10.9 Å². The molecule has 0 aliphatic heterocycles. The summed E-state index contributed by atoms with van der Waals surface area (Å²) in [6, 6.07) is 7.46. The van der Waals surface area contributed by atoms with Gasteiger partial charge in [-0.2, -0.15) is 5.10 Å². The van der Waals surface area contributed by atoms with E-state index in [2.05, 4.69) is 29.4 Å². The number of ether oxygens (including phenoxy) is 1. The molecule has 25 heavy (non-hydrogen) atoms. The zero-order valence-corrected chi connectivity index (χ0v) is 14.9. The van der Waals surface area contributed by atoms with E-state index >= 15 is 0 Å². The monoisotopic (exact) mass is 343 g/mol. The van der Waals surface area contributed by atoms with E-state index in [1.165, 1.54) is 6.42 Å². The van der Waals surface area contributed by atoms with E-state index in [9.17, 15) is 9.59 Å². The molecule has 0 spiro atoms. The number of carbonyl (C=O) groups is 2. The number of rotatable bonds is 4. The lowest BCUT2D eigenvalue weighted by Crippen LogP contribution is -2.47. The zero-order chi connectivity index (χ0) is 18.0. The van der Waals surface area contributed by atoms with Crippen molar-refractivity contribution in [1.82, 2.24) is 15.5 Å². The minimum atomic E-state index is -0.854. The van der Waals surface area contributed by atoms with Crippen molar-refractivity contribution in [1.29, 1.82) is 0 Å². The van der Waals surface area contributed by atoms with Crippen molar-refractivity contribution in [3.05, 3.63) is 30.0 Å². The largest absolute Gasteiger partial charge is 0.448 e. The first-order valence-corrected chi connectivity index (χ1v) is 8.92. The van der Waals surface area contributed by atoms with Crippen LogP contribution >= 0.6 is 0 Å². The van der Waals surface area contributed by atoms with E-state index in [0.29, 0.717) is 17.2 Å². The van der Waals surface area contributed by atoms with Crippen molar-refractivity contribution < 1.29 is 14.3 Å². The third kappa shape index (κ3) is 3.67. The van der Waals surface area contributed by atoms with Crippen LogP contribution in [0.5, 0.6) is 0 Å². The first-order chi connectivity index (χ1) is 12.0.